The molecule has 1 aliphatic heterocycles. The van der Waals surface area contributed by atoms with Crippen molar-refractivity contribution in [2.75, 3.05) is 20.8 Å². The number of hydrogen-bond donors (Lipinski definition) is 0. The van der Waals surface area contributed by atoms with E-state index < -0.39 is 0 Å². The van der Waals surface area contributed by atoms with Gasteiger partial charge in [-0.2, -0.15) is 0 Å². The summed E-state index contributed by atoms with van der Waals surface area (Å²) in [6.07, 6.45) is 0.874. The van der Waals surface area contributed by atoms with Crippen LogP contribution in [0.15, 0.2) is 42.5 Å². The lowest BCUT2D eigenvalue weighted by Gasteiger charge is -2.27. The van der Waals surface area contributed by atoms with Crippen LogP contribution in [0, 0.1) is 0 Å². The van der Waals surface area contributed by atoms with E-state index in [1.807, 2.05) is 24.3 Å². The first kappa shape index (κ1) is 13.0. The fourth-order valence-electron chi connectivity index (χ4n) is 2.68. The average Bonchev–Trinajstić information content (AvgIpc) is 2.53. The molecule has 0 saturated heterocycles. The zero-order chi connectivity index (χ0) is 13.9. The lowest BCUT2D eigenvalue weighted by molar-refractivity contribution is 0.0695. The number of methoxy groups -OCH3 is 2. The largest absolute Gasteiger partial charge is 0.493 e. The second-order valence-electron chi connectivity index (χ2n) is 4.82. The van der Waals surface area contributed by atoms with Gasteiger partial charge in [0, 0.05) is 0 Å². The number of ether oxygens (including phenoxy) is 3. The zero-order valence-corrected chi connectivity index (χ0v) is 11.8. The van der Waals surface area contributed by atoms with Gasteiger partial charge in [-0.1, -0.05) is 30.3 Å². The van der Waals surface area contributed by atoms with E-state index in [9.17, 15) is 0 Å². The van der Waals surface area contributed by atoms with E-state index in [-0.39, 0.29) is 6.10 Å². The Morgan fingerprint density at radius 1 is 1.00 bits per heavy atom. The fourth-order valence-corrected chi connectivity index (χ4v) is 2.68. The zero-order valence-electron chi connectivity index (χ0n) is 11.8. The third-order valence-electron chi connectivity index (χ3n) is 3.69. The van der Waals surface area contributed by atoms with E-state index in [2.05, 4.69) is 18.2 Å². The Kier molecular flexibility index (Phi) is 3.61. The quantitative estimate of drug-likeness (QED) is 0.856. The maximum Gasteiger partial charge on any atom is 0.161 e. The molecule has 2 aromatic rings. The Morgan fingerprint density at radius 2 is 1.70 bits per heavy atom. The molecule has 0 aliphatic carbocycles. The highest BCUT2D eigenvalue weighted by molar-refractivity contribution is 5.50. The van der Waals surface area contributed by atoms with Crippen LogP contribution >= 0.6 is 0 Å². The van der Waals surface area contributed by atoms with Crippen LogP contribution in [0.2, 0.25) is 0 Å². The number of hydrogen-bond acceptors (Lipinski definition) is 3. The third kappa shape index (κ3) is 2.25. The molecule has 0 spiro atoms. The molecule has 0 saturated carbocycles. The normalized spacial score (nSPS) is 17.4. The summed E-state index contributed by atoms with van der Waals surface area (Å²) in [6, 6.07) is 14.4. The molecule has 2 aromatic carbocycles. The highest BCUT2D eigenvalue weighted by Gasteiger charge is 2.24. The molecule has 104 valence electrons. The van der Waals surface area contributed by atoms with Gasteiger partial charge in [0.05, 0.1) is 20.8 Å². The molecule has 1 unspecified atom stereocenters. The van der Waals surface area contributed by atoms with Gasteiger partial charge in [0.1, 0.15) is 6.10 Å². The number of benzene rings is 2. The van der Waals surface area contributed by atoms with Gasteiger partial charge in [0.2, 0.25) is 0 Å². The summed E-state index contributed by atoms with van der Waals surface area (Å²) in [5.74, 6) is 1.53. The van der Waals surface area contributed by atoms with Gasteiger partial charge in [-0.05, 0) is 35.2 Å². The van der Waals surface area contributed by atoms with Crippen molar-refractivity contribution in [3.8, 4) is 11.5 Å². The van der Waals surface area contributed by atoms with Gasteiger partial charge >= 0.3 is 0 Å². The lowest BCUT2D eigenvalue weighted by Crippen LogP contribution is -2.17. The highest BCUT2D eigenvalue weighted by atomic mass is 16.5. The predicted molar refractivity (Wildman–Crippen MR) is 77.5 cm³/mol. The molecular formula is C17H18O3. The van der Waals surface area contributed by atoms with E-state index >= 15 is 0 Å². The lowest BCUT2D eigenvalue weighted by atomic mass is 9.92. The fraction of sp³-hybridized carbons (Fsp3) is 0.294. The number of fused-ring (bicyclic) bond motifs is 1. The van der Waals surface area contributed by atoms with Crippen LogP contribution in [-0.2, 0) is 11.2 Å². The van der Waals surface area contributed by atoms with E-state index in [1.54, 1.807) is 14.2 Å². The molecule has 3 nitrogen and oxygen atoms in total. The van der Waals surface area contributed by atoms with Gasteiger partial charge < -0.3 is 14.2 Å². The first-order chi connectivity index (χ1) is 9.83. The smallest absolute Gasteiger partial charge is 0.161 e. The van der Waals surface area contributed by atoms with Crippen molar-refractivity contribution < 1.29 is 14.2 Å². The molecule has 20 heavy (non-hydrogen) atoms. The maximum absolute atomic E-state index is 5.97. The number of rotatable bonds is 3. The van der Waals surface area contributed by atoms with E-state index in [4.69, 9.17) is 14.2 Å². The molecule has 0 fully saturated rings. The summed E-state index contributed by atoms with van der Waals surface area (Å²) in [4.78, 5) is 0. The first-order valence-corrected chi connectivity index (χ1v) is 6.75. The summed E-state index contributed by atoms with van der Waals surface area (Å²) in [7, 11) is 3.32. The summed E-state index contributed by atoms with van der Waals surface area (Å²) in [5.41, 5.74) is 3.60. The average molecular weight is 270 g/mol. The van der Waals surface area contributed by atoms with Crippen molar-refractivity contribution in [3.63, 3.8) is 0 Å². The molecule has 0 bridgehead atoms. The van der Waals surface area contributed by atoms with Gasteiger partial charge in [0.15, 0.2) is 11.5 Å². The molecule has 0 aromatic heterocycles. The van der Waals surface area contributed by atoms with E-state index in [1.165, 1.54) is 16.7 Å². The van der Waals surface area contributed by atoms with Crippen LogP contribution in [0.4, 0.5) is 0 Å². The van der Waals surface area contributed by atoms with Gasteiger partial charge in [-0.3, -0.25) is 0 Å². The van der Waals surface area contributed by atoms with Crippen molar-refractivity contribution in [2.45, 2.75) is 12.5 Å². The standard InChI is InChI=1S/C17H18O3/c1-18-15-10-13-8-9-20-17(12-6-4-3-5-7-12)14(13)11-16(15)19-2/h3-7,10-11,17H,8-9H2,1-2H3. The van der Waals surface area contributed by atoms with Crippen LogP contribution in [-0.4, -0.2) is 20.8 Å². The Balaban J connectivity index is 2.08. The van der Waals surface area contributed by atoms with Crippen molar-refractivity contribution >= 4 is 0 Å². The van der Waals surface area contributed by atoms with Crippen molar-refractivity contribution in [2.24, 2.45) is 0 Å². The van der Waals surface area contributed by atoms with Crippen molar-refractivity contribution in [1.29, 1.82) is 0 Å². The minimum atomic E-state index is -0.0280. The third-order valence-corrected chi connectivity index (χ3v) is 3.69. The van der Waals surface area contributed by atoms with Crippen LogP contribution in [0.3, 0.4) is 0 Å². The Bertz CT molecular complexity index is 593. The molecule has 1 atom stereocenters. The van der Waals surface area contributed by atoms with Gasteiger partial charge in [0.25, 0.3) is 0 Å². The molecule has 0 amide bonds. The van der Waals surface area contributed by atoms with Crippen molar-refractivity contribution in [1.82, 2.24) is 0 Å². The van der Waals surface area contributed by atoms with E-state index in [0.717, 1.165) is 24.5 Å². The van der Waals surface area contributed by atoms with Crippen LogP contribution in [0.25, 0.3) is 0 Å². The molecule has 1 aliphatic rings. The topological polar surface area (TPSA) is 27.7 Å². The second-order valence-corrected chi connectivity index (χ2v) is 4.82. The van der Waals surface area contributed by atoms with Gasteiger partial charge in [-0.25, -0.2) is 0 Å². The Hall–Kier alpha value is -2.00. The van der Waals surface area contributed by atoms with Crippen LogP contribution in [0.5, 0.6) is 11.5 Å². The first-order valence-electron chi connectivity index (χ1n) is 6.75. The summed E-state index contributed by atoms with van der Waals surface area (Å²) >= 11 is 0. The minimum absolute atomic E-state index is 0.0280. The molecule has 1 heterocycles. The molecule has 0 N–H and O–H groups in total. The SMILES string of the molecule is COc1cc2c(cc1OC)C(c1ccccc1)OCC2. The van der Waals surface area contributed by atoms with Crippen LogP contribution in [0.1, 0.15) is 22.8 Å². The summed E-state index contributed by atoms with van der Waals surface area (Å²) in [5, 5.41) is 0. The van der Waals surface area contributed by atoms with Gasteiger partial charge in [-0.15, -0.1) is 0 Å². The molecule has 3 rings (SSSR count). The monoisotopic (exact) mass is 270 g/mol. The van der Waals surface area contributed by atoms with E-state index in [0.29, 0.717) is 0 Å². The molecule has 3 heteroatoms. The Morgan fingerprint density at radius 3 is 2.40 bits per heavy atom. The molecular weight excluding hydrogens is 252 g/mol. The maximum atomic E-state index is 5.97. The second kappa shape index (κ2) is 5.55. The predicted octanol–water partition coefficient (Wildman–Crippen LogP) is 3.37. The highest BCUT2D eigenvalue weighted by Crippen LogP contribution is 2.39. The minimum Gasteiger partial charge on any atom is -0.493 e. The summed E-state index contributed by atoms with van der Waals surface area (Å²) < 4.78 is 16.8. The van der Waals surface area contributed by atoms with Crippen LogP contribution < -0.4 is 9.47 Å². The molecule has 0 radical (unpaired) electrons. The Labute approximate surface area is 119 Å². The summed E-state index contributed by atoms with van der Waals surface area (Å²) in [6.45, 7) is 0.724. The van der Waals surface area contributed by atoms with Crippen molar-refractivity contribution in [3.05, 3.63) is 59.2 Å².